The topological polar surface area (TPSA) is 51.0 Å². The largest absolute Gasteiger partial charge is 0.339 e. The molecule has 19 heavy (non-hydrogen) atoms. The zero-order chi connectivity index (χ0) is 13.8. The molecule has 0 fully saturated rings. The smallest absolute Gasteiger partial charge is 0.231 e. The van der Waals surface area contributed by atoms with Gasteiger partial charge in [-0.1, -0.05) is 25.1 Å². The molecule has 0 aliphatic heterocycles. The molecule has 0 saturated heterocycles. The predicted molar refractivity (Wildman–Crippen MR) is 71.4 cm³/mol. The Balaban J connectivity index is 2.23. The van der Waals surface area contributed by atoms with E-state index in [0.717, 1.165) is 18.7 Å². The highest BCUT2D eigenvalue weighted by atomic mass is 19.1. The Morgan fingerprint density at radius 2 is 2.21 bits per heavy atom. The number of rotatable bonds is 5. The Morgan fingerprint density at radius 1 is 1.42 bits per heavy atom. The van der Waals surface area contributed by atoms with Crippen molar-refractivity contribution in [3.05, 3.63) is 35.5 Å². The van der Waals surface area contributed by atoms with E-state index in [1.807, 2.05) is 20.8 Å². The van der Waals surface area contributed by atoms with E-state index in [4.69, 9.17) is 4.52 Å². The van der Waals surface area contributed by atoms with Crippen LogP contribution < -0.4 is 5.32 Å². The van der Waals surface area contributed by atoms with Crippen molar-refractivity contribution in [2.24, 2.45) is 0 Å². The number of hydrogen-bond donors (Lipinski definition) is 1. The van der Waals surface area contributed by atoms with E-state index in [-0.39, 0.29) is 11.7 Å². The maximum Gasteiger partial charge on any atom is 0.231 e. The zero-order valence-electron chi connectivity index (χ0n) is 11.4. The molecule has 0 bridgehead atoms. The molecule has 2 rings (SSSR count). The second kappa shape index (κ2) is 5.93. The molecule has 1 unspecified atom stereocenters. The van der Waals surface area contributed by atoms with Crippen molar-refractivity contribution in [1.29, 1.82) is 0 Å². The van der Waals surface area contributed by atoms with E-state index in [1.165, 1.54) is 12.1 Å². The number of aromatic nitrogens is 2. The van der Waals surface area contributed by atoms with E-state index >= 15 is 0 Å². The number of halogens is 1. The number of benzene rings is 1. The van der Waals surface area contributed by atoms with E-state index in [0.29, 0.717) is 17.3 Å². The summed E-state index contributed by atoms with van der Waals surface area (Å²) in [5.74, 6) is 0.845. The molecule has 1 aromatic carbocycles. The first-order chi connectivity index (χ1) is 9.11. The molecule has 0 aliphatic rings. The van der Waals surface area contributed by atoms with Crippen LogP contribution >= 0.6 is 0 Å². The van der Waals surface area contributed by atoms with Crippen molar-refractivity contribution in [1.82, 2.24) is 15.5 Å². The average Bonchev–Trinajstić information content (AvgIpc) is 2.88. The first-order valence-electron chi connectivity index (χ1n) is 6.42. The SMILES string of the molecule is CCNCC(C)c1nc(-c2cc(F)ccc2C)no1. The zero-order valence-corrected chi connectivity index (χ0v) is 11.4. The summed E-state index contributed by atoms with van der Waals surface area (Å²) in [5, 5.41) is 7.17. The Hall–Kier alpha value is -1.75. The number of hydrogen-bond acceptors (Lipinski definition) is 4. The van der Waals surface area contributed by atoms with Gasteiger partial charge in [0.15, 0.2) is 0 Å². The highest BCUT2D eigenvalue weighted by Gasteiger charge is 2.16. The first kappa shape index (κ1) is 13.7. The molecule has 1 atom stereocenters. The van der Waals surface area contributed by atoms with E-state index < -0.39 is 0 Å². The summed E-state index contributed by atoms with van der Waals surface area (Å²) in [6, 6.07) is 4.56. The normalized spacial score (nSPS) is 12.6. The molecule has 2 aromatic rings. The van der Waals surface area contributed by atoms with Crippen LogP contribution in [0.3, 0.4) is 0 Å². The number of nitrogens with zero attached hydrogens (tertiary/aromatic N) is 2. The summed E-state index contributed by atoms with van der Waals surface area (Å²) < 4.78 is 18.5. The van der Waals surface area contributed by atoms with E-state index in [1.54, 1.807) is 6.07 Å². The maximum absolute atomic E-state index is 13.3. The fourth-order valence-electron chi connectivity index (χ4n) is 1.83. The minimum Gasteiger partial charge on any atom is -0.339 e. The molecule has 0 aliphatic carbocycles. The third-order valence-corrected chi connectivity index (χ3v) is 3.00. The van der Waals surface area contributed by atoms with Crippen LogP contribution in [0.4, 0.5) is 4.39 Å². The molecule has 1 aromatic heterocycles. The quantitative estimate of drug-likeness (QED) is 0.901. The van der Waals surface area contributed by atoms with Gasteiger partial charge in [-0.3, -0.25) is 0 Å². The van der Waals surface area contributed by atoms with Crippen LogP contribution in [-0.4, -0.2) is 23.2 Å². The van der Waals surface area contributed by atoms with Crippen LogP contribution in [0.15, 0.2) is 22.7 Å². The van der Waals surface area contributed by atoms with Crippen molar-refractivity contribution in [3.63, 3.8) is 0 Å². The molecule has 0 amide bonds. The Morgan fingerprint density at radius 3 is 2.95 bits per heavy atom. The lowest BCUT2D eigenvalue weighted by molar-refractivity contribution is 0.355. The van der Waals surface area contributed by atoms with Gasteiger partial charge in [0.2, 0.25) is 11.7 Å². The van der Waals surface area contributed by atoms with Gasteiger partial charge in [-0.2, -0.15) is 4.98 Å². The summed E-state index contributed by atoms with van der Waals surface area (Å²) in [5.41, 5.74) is 1.60. The van der Waals surface area contributed by atoms with Gasteiger partial charge in [-0.25, -0.2) is 4.39 Å². The maximum atomic E-state index is 13.3. The third-order valence-electron chi connectivity index (χ3n) is 3.00. The van der Waals surface area contributed by atoms with Gasteiger partial charge in [-0.05, 0) is 31.2 Å². The molecule has 0 saturated carbocycles. The monoisotopic (exact) mass is 263 g/mol. The van der Waals surface area contributed by atoms with Crippen LogP contribution in [0.1, 0.15) is 31.2 Å². The molecule has 102 valence electrons. The van der Waals surface area contributed by atoms with Crippen LogP contribution in [0.25, 0.3) is 11.4 Å². The fraction of sp³-hybridized carbons (Fsp3) is 0.429. The molecule has 1 N–H and O–H groups in total. The Bertz CT molecular complexity index is 553. The summed E-state index contributed by atoms with van der Waals surface area (Å²) in [6.45, 7) is 7.63. The summed E-state index contributed by atoms with van der Waals surface area (Å²) >= 11 is 0. The van der Waals surface area contributed by atoms with Gasteiger partial charge >= 0.3 is 0 Å². The van der Waals surface area contributed by atoms with Crippen LogP contribution in [0, 0.1) is 12.7 Å². The summed E-state index contributed by atoms with van der Waals surface area (Å²) in [6.07, 6.45) is 0. The van der Waals surface area contributed by atoms with Gasteiger partial charge in [0.05, 0.1) is 0 Å². The molecular formula is C14H18FN3O. The van der Waals surface area contributed by atoms with Crippen molar-refractivity contribution < 1.29 is 8.91 Å². The van der Waals surface area contributed by atoms with E-state index in [2.05, 4.69) is 15.5 Å². The molecule has 4 nitrogen and oxygen atoms in total. The van der Waals surface area contributed by atoms with Crippen LogP contribution in [-0.2, 0) is 0 Å². The van der Waals surface area contributed by atoms with Crippen molar-refractivity contribution >= 4 is 0 Å². The summed E-state index contributed by atoms with van der Waals surface area (Å²) in [4.78, 5) is 4.35. The molecule has 1 heterocycles. The van der Waals surface area contributed by atoms with Crippen molar-refractivity contribution in [2.75, 3.05) is 13.1 Å². The molecule has 5 heteroatoms. The van der Waals surface area contributed by atoms with Crippen molar-refractivity contribution in [3.8, 4) is 11.4 Å². The Labute approximate surface area is 112 Å². The third kappa shape index (κ3) is 3.17. The summed E-state index contributed by atoms with van der Waals surface area (Å²) in [7, 11) is 0. The molecule has 0 radical (unpaired) electrons. The predicted octanol–water partition coefficient (Wildman–Crippen LogP) is 2.90. The number of nitrogens with one attached hydrogen (secondary N) is 1. The van der Waals surface area contributed by atoms with Crippen LogP contribution in [0.5, 0.6) is 0 Å². The van der Waals surface area contributed by atoms with E-state index in [9.17, 15) is 4.39 Å². The Kier molecular flexibility index (Phi) is 4.27. The lowest BCUT2D eigenvalue weighted by atomic mass is 10.1. The fourth-order valence-corrected chi connectivity index (χ4v) is 1.83. The van der Waals surface area contributed by atoms with Gasteiger partial charge in [-0.15, -0.1) is 0 Å². The van der Waals surface area contributed by atoms with Gasteiger partial charge in [0, 0.05) is 18.0 Å². The minimum absolute atomic E-state index is 0.134. The standard InChI is InChI=1S/C14H18FN3O/c1-4-16-8-10(3)14-17-13(18-19-14)12-7-11(15)6-5-9(12)2/h5-7,10,16H,4,8H2,1-3H3. The van der Waals surface area contributed by atoms with Crippen molar-refractivity contribution in [2.45, 2.75) is 26.7 Å². The molecule has 0 spiro atoms. The van der Waals surface area contributed by atoms with Gasteiger partial charge in [0.25, 0.3) is 0 Å². The highest BCUT2D eigenvalue weighted by Crippen LogP contribution is 2.23. The first-order valence-corrected chi connectivity index (χ1v) is 6.42. The highest BCUT2D eigenvalue weighted by molar-refractivity contribution is 5.59. The van der Waals surface area contributed by atoms with Gasteiger partial charge in [0.1, 0.15) is 5.82 Å². The minimum atomic E-state index is -0.298. The average molecular weight is 263 g/mol. The van der Waals surface area contributed by atoms with Gasteiger partial charge < -0.3 is 9.84 Å². The molecular weight excluding hydrogens is 245 g/mol. The number of likely N-dealkylation sites (N-methyl/N-ethyl adjacent to an activating group) is 1. The number of aryl methyl sites for hydroxylation is 1. The second-order valence-corrected chi connectivity index (χ2v) is 4.62. The lowest BCUT2D eigenvalue weighted by Crippen LogP contribution is -2.19. The lowest BCUT2D eigenvalue weighted by Gasteiger charge is -2.05. The second-order valence-electron chi connectivity index (χ2n) is 4.62. The van der Waals surface area contributed by atoms with Crippen LogP contribution in [0.2, 0.25) is 0 Å².